The molecule has 0 amide bonds. The van der Waals surface area contributed by atoms with Gasteiger partial charge in [-0.25, -0.2) is 9.78 Å². The molecule has 10 heavy (non-hydrogen) atoms. The monoisotopic (exact) mass is 144 g/mol. The predicted octanol–water partition coefficient (Wildman–Crippen LogP) is 2.14. The van der Waals surface area contributed by atoms with Crippen LogP contribution in [0.15, 0.2) is 0 Å². The molecule has 0 saturated carbocycles. The molecular formula is C8H16O2. The summed E-state index contributed by atoms with van der Waals surface area (Å²) in [5.41, 5.74) is 0.316. The van der Waals surface area contributed by atoms with E-state index in [0.717, 1.165) is 13.0 Å². The van der Waals surface area contributed by atoms with Gasteiger partial charge >= 0.3 is 0 Å². The van der Waals surface area contributed by atoms with Crippen molar-refractivity contribution in [3.8, 4) is 0 Å². The van der Waals surface area contributed by atoms with Crippen LogP contribution < -0.4 is 0 Å². The van der Waals surface area contributed by atoms with Crippen molar-refractivity contribution in [2.45, 2.75) is 39.7 Å². The summed E-state index contributed by atoms with van der Waals surface area (Å²) in [7, 11) is 0. The molecule has 2 nitrogen and oxygen atoms in total. The fourth-order valence-corrected chi connectivity index (χ4v) is 1.46. The second-order valence-corrected chi connectivity index (χ2v) is 4.53. The fourth-order valence-electron chi connectivity index (χ4n) is 1.46. The number of hydrogen-bond acceptors (Lipinski definition) is 2. The minimum atomic E-state index is -0.0156. The first-order chi connectivity index (χ1) is 4.41. The van der Waals surface area contributed by atoms with Crippen molar-refractivity contribution in [3.63, 3.8) is 0 Å². The van der Waals surface area contributed by atoms with Crippen molar-refractivity contribution in [3.05, 3.63) is 0 Å². The maximum Gasteiger partial charge on any atom is 0.128 e. The highest BCUT2D eigenvalue weighted by molar-refractivity contribution is 4.82. The Labute approximate surface area is 62.4 Å². The van der Waals surface area contributed by atoms with Crippen LogP contribution in [0, 0.1) is 5.41 Å². The summed E-state index contributed by atoms with van der Waals surface area (Å²) in [5.74, 6) is 0. The van der Waals surface area contributed by atoms with Gasteiger partial charge in [0.25, 0.3) is 0 Å². The van der Waals surface area contributed by atoms with Gasteiger partial charge in [0.1, 0.15) is 12.2 Å². The maximum absolute atomic E-state index is 4.99. The lowest BCUT2D eigenvalue weighted by molar-refractivity contribution is -0.470. The molecule has 1 unspecified atom stereocenters. The molecule has 0 aromatic carbocycles. The Morgan fingerprint density at radius 1 is 1.40 bits per heavy atom. The second-order valence-electron chi connectivity index (χ2n) is 4.53. The molecule has 60 valence electrons. The van der Waals surface area contributed by atoms with Crippen molar-refractivity contribution < 1.29 is 9.78 Å². The van der Waals surface area contributed by atoms with Gasteiger partial charge in [-0.3, -0.25) is 0 Å². The molecule has 1 saturated heterocycles. The van der Waals surface area contributed by atoms with Crippen LogP contribution in [0.25, 0.3) is 0 Å². The lowest BCUT2D eigenvalue weighted by atomic mass is 9.83. The van der Waals surface area contributed by atoms with Crippen molar-refractivity contribution in [1.29, 1.82) is 0 Å². The molecule has 0 aromatic heterocycles. The minimum Gasteiger partial charge on any atom is -0.233 e. The van der Waals surface area contributed by atoms with Gasteiger partial charge in [-0.2, -0.15) is 0 Å². The summed E-state index contributed by atoms with van der Waals surface area (Å²) in [6.07, 6.45) is 1.06. The molecule has 1 heterocycles. The molecule has 2 heteroatoms. The van der Waals surface area contributed by atoms with E-state index in [4.69, 9.17) is 4.89 Å². The Bertz CT molecular complexity index is 120. The van der Waals surface area contributed by atoms with Gasteiger partial charge in [-0.1, -0.05) is 20.8 Å². The maximum atomic E-state index is 4.99. The van der Waals surface area contributed by atoms with E-state index in [1.807, 2.05) is 0 Å². The van der Waals surface area contributed by atoms with Gasteiger partial charge in [0.15, 0.2) is 0 Å². The normalized spacial score (nSPS) is 33.6. The van der Waals surface area contributed by atoms with Gasteiger partial charge in [0.2, 0.25) is 0 Å². The zero-order chi connectivity index (χ0) is 7.83. The fraction of sp³-hybridized carbons (Fsp3) is 1.00. The Kier molecular flexibility index (Phi) is 1.77. The van der Waals surface area contributed by atoms with E-state index >= 15 is 0 Å². The van der Waals surface area contributed by atoms with Crippen LogP contribution in [-0.2, 0) is 9.78 Å². The molecule has 0 N–H and O–H groups in total. The van der Waals surface area contributed by atoms with Crippen molar-refractivity contribution in [2.24, 2.45) is 5.41 Å². The number of rotatable bonds is 1. The third-order valence-electron chi connectivity index (χ3n) is 1.53. The highest BCUT2D eigenvalue weighted by Crippen LogP contribution is 2.34. The average Bonchev–Trinajstić information content (AvgIpc) is 1.57. The van der Waals surface area contributed by atoms with Crippen LogP contribution in [0.4, 0.5) is 0 Å². The van der Waals surface area contributed by atoms with E-state index in [0.29, 0.717) is 5.41 Å². The van der Waals surface area contributed by atoms with Gasteiger partial charge in [0, 0.05) is 0 Å². The van der Waals surface area contributed by atoms with Crippen LogP contribution in [-0.4, -0.2) is 12.2 Å². The molecule has 0 aromatic rings. The van der Waals surface area contributed by atoms with Crippen molar-refractivity contribution in [1.82, 2.24) is 0 Å². The largest absolute Gasteiger partial charge is 0.233 e. The van der Waals surface area contributed by atoms with Gasteiger partial charge < -0.3 is 0 Å². The lowest BCUT2D eigenvalue weighted by Gasteiger charge is -2.40. The van der Waals surface area contributed by atoms with E-state index < -0.39 is 0 Å². The minimum absolute atomic E-state index is 0.0156. The molecular weight excluding hydrogens is 128 g/mol. The van der Waals surface area contributed by atoms with E-state index in [9.17, 15) is 0 Å². The summed E-state index contributed by atoms with van der Waals surface area (Å²) in [5, 5.41) is 0. The zero-order valence-electron chi connectivity index (χ0n) is 7.23. The highest BCUT2D eigenvalue weighted by Gasteiger charge is 2.39. The molecule has 0 bridgehead atoms. The van der Waals surface area contributed by atoms with E-state index in [1.165, 1.54) is 0 Å². The van der Waals surface area contributed by atoms with Crippen LogP contribution in [0.2, 0.25) is 0 Å². The Balaban J connectivity index is 2.37. The first kappa shape index (κ1) is 8.02. The third kappa shape index (κ3) is 1.96. The molecule has 0 aliphatic carbocycles. The Morgan fingerprint density at radius 3 is 2.00 bits per heavy atom. The summed E-state index contributed by atoms with van der Waals surface area (Å²) in [6.45, 7) is 9.45. The molecule has 1 atom stereocenters. The predicted molar refractivity (Wildman–Crippen MR) is 39.5 cm³/mol. The van der Waals surface area contributed by atoms with E-state index in [2.05, 4.69) is 32.6 Å². The standard InChI is InChI=1S/C8H16O2/c1-7(2,3)5-8(4)6-9-10-8/h5-6H2,1-4H3. The zero-order valence-corrected chi connectivity index (χ0v) is 7.23. The van der Waals surface area contributed by atoms with Gasteiger partial charge in [0.05, 0.1) is 0 Å². The van der Waals surface area contributed by atoms with Crippen LogP contribution >= 0.6 is 0 Å². The first-order valence-corrected chi connectivity index (χ1v) is 3.72. The lowest BCUT2D eigenvalue weighted by Crippen LogP contribution is -2.46. The Morgan fingerprint density at radius 2 is 1.90 bits per heavy atom. The molecule has 1 aliphatic rings. The van der Waals surface area contributed by atoms with Crippen molar-refractivity contribution >= 4 is 0 Å². The SMILES string of the molecule is CC(C)(C)CC1(C)COO1. The van der Waals surface area contributed by atoms with Crippen LogP contribution in [0.5, 0.6) is 0 Å². The molecule has 0 radical (unpaired) electrons. The van der Waals surface area contributed by atoms with Gasteiger partial charge in [-0.05, 0) is 18.8 Å². The van der Waals surface area contributed by atoms with Crippen LogP contribution in [0.1, 0.15) is 34.1 Å². The summed E-state index contributed by atoms with van der Waals surface area (Å²) < 4.78 is 0. The summed E-state index contributed by atoms with van der Waals surface area (Å²) in [6, 6.07) is 0. The Hall–Kier alpha value is -0.0800. The first-order valence-electron chi connectivity index (χ1n) is 3.72. The topological polar surface area (TPSA) is 18.5 Å². The molecule has 0 spiro atoms. The quantitative estimate of drug-likeness (QED) is 0.525. The average molecular weight is 144 g/mol. The molecule has 1 rings (SSSR count). The van der Waals surface area contributed by atoms with Crippen LogP contribution in [0.3, 0.4) is 0 Å². The highest BCUT2D eigenvalue weighted by atomic mass is 17.2. The smallest absolute Gasteiger partial charge is 0.128 e. The second kappa shape index (κ2) is 2.21. The van der Waals surface area contributed by atoms with Crippen molar-refractivity contribution in [2.75, 3.05) is 6.61 Å². The molecule has 1 fully saturated rings. The number of hydrogen-bond donors (Lipinski definition) is 0. The van der Waals surface area contributed by atoms with E-state index in [-0.39, 0.29) is 5.60 Å². The summed E-state index contributed by atoms with van der Waals surface area (Å²) >= 11 is 0. The molecule has 1 aliphatic heterocycles. The van der Waals surface area contributed by atoms with Gasteiger partial charge in [-0.15, -0.1) is 0 Å². The summed E-state index contributed by atoms with van der Waals surface area (Å²) in [4.78, 5) is 9.68. The van der Waals surface area contributed by atoms with E-state index in [1.54, 1.807) is 0 Å². The third-order valence-corrected chi connectivity index (χ3v) is 1.53.